The van der Waals surface area contributed by atoms with Gasteiger partial charge in [-0.05, 0) is 27.2 Å². The molecule has 2 rings (SSSR count). The van der Waals surface area contributed by atoms with E-state index in [9.17, 15) is 8.42 Å². The molecule has 1 aliphatic rings. The number of aliphatic imine (C=N–C) groups is 1. The minimum Gasteiger partial charge on any atom is -0.444 e. The zero-order valence-electron chi connectivity index (χ0n) is 14.3. The van der Waals surface area contributed by atoms with Crippen LogP contribution in [0, 0.1) is 13.8 Å². The fourth-order valence-electron chi connectivity index (χ4n) is 2.34. The molecule has 0 bridgehead atoms. The lowest BCUT2D eigenvalue weighted by Gasteiger charge is -2.16. The Morgan fingerprint density at radius 3 is 2.67 bits per heavy atom. The van der Waals surface area contributed by atoms with E-state index in [-0.39, 0.29) is 29.7 Å². The predicted molar refractivity (Wildman–Crippen MR) is 104 cm³/mol. The van der Waals surface area contributed by atoms with Crippen molar-refractivity contribution in [3.05, 3.63) is 17.3 Å². The molecular formula is C14H26IN5O3S. The van der Waals surface area contributed by atoms with Crippen LogP contribution in [0.15, 0.2) is 9.41 Å². The number of hydrogen-bond donors (Lipinski definition) is 2. The molecule has 24 heavy (non-hydrogen) atoms. The maximum atomic E-state index is 11.7. The molecule has 8 nitrogen and oxygen atoms in total. The highest BCUT2D eigenvalue weighted by molar-refractivity contribution is 14.0. The van der Waals surface area contributed by atoms with Crippen molar-refractivity contribution in [2.75, 3.05) is 31.9 Å². The molecule has 0 atom stereocenters. The normalized spacial score (nSPS) is 17.5. The number of oxazole rings is 1. The second-order valence-electron chi connectivity index (χ2n) is 5.44. The summed E-state index contributed by atoms with van der Waals surface area (Å²) >= 11 is 0. The summed E-state index contributed by atoms with van der Waals surface area (Å²) in [6, 6.07) is 0. The number of sulfonamides is 1. The Morgan fingerprint density at radius 2 is 2.12 bits per heavy atom. The number of nitrogens with one attached hydrogen (secondary N) is 2. The third kappa shape index (κ3) is 5.88. The molecular weight excluding hydrogens is 445 g/mol. The first-order valence-electron chi connectivity index (χ1n) is 7.85. The summed E-state index contributed by atoms with van der Waals surface area (Å²) in [6.45, 7) is 8.36. The van der Waals surface area contributed by atoms with Crippen LogP contribution < -0.4 is 10.6 Å². The molecule has 0 radical (unpaired) electrons. The van der Waals surface area contributed by atoms with E-state index in [1.165, 1.54) is 4.31 Å². The fourth-order valence-corrected chi connectivity index (χ4v) is 3.87. The lowest BCUT2D eigenvalue weighted by Crippen LogP contribution is -2.42. The second kappa shape index (κ2) is 9.56. The quantitative estimate of drug-likeness (QED) is 0.365. The van der Waals surface area contributed by atoms with Crippen LogP contribution in [0.2, 0.25) is 0 Å². The molecule has 0 amide bonds. The standard InChI is InChI=1S/C14H25N5O3S.HI/c1-4-15-14(17-10-13-18-11(2)12(3)22-13)16-6-8-19-7-5-9-23(19,20)21;/h4-10H2,1-3H3,(H2,15,16,17);1H. The zero-order chi connectivity index (χ0) is 16.9. The minimum absolute atomic E-state index is 0. The molecule has 0 spiro atoms. The van der Waals surface area contributed by atoms with Gasteiger partial charge >= 0.3 is 0 Å². The Hall–Kier alpha value is -0.880. The van der Waals surface area contributed by atoms with Gasteiger partial charge in [0, 0.05) is 26.2 Å². The van der Waals surface area contributed by atoms with Crippen molar-refractivity contribution in [1.82, 2.24) is 19.9 Å². The topological polar surface area (TPSA) is 99.8 Å². The Morgan fingerprint density at radius 1 is 1.38 bits per heavy atom. The fraction of sp³-hybridized carbons (Fsp3) is 0.714. The van der Waals surface area contributed by atoms with Gasteiger partial charge in [-0.3, -0.25) is 0 Å². The van der Waals surface area contributed by atoms with E-state index < -0.39 is 10.0 Å². The highest BCUT2D eigenvalue weighted by atomic mass is 127. The van der Waals surface area contributed by atoms with Gasteiger partial charge in [0.15, 0.2) is 5.96 Å². The van der Waals surface area contributed by atoms with Gasteiger partial charge in [0.2, 0.25) is 15.9 Å². The largest absolute Gasteiger partial charge is 0.444 e. The van der Waals surface area contributed by atoms with Crippen molar-refractivity contribution in [3.8, 4) is 0 Å². The van der Waals surface area contributed by atoms with Gasteiger partial charge in [-0.2, -0.15) is 0 Å². The van der Waals surface area contributed by atoms with Gasteiger partial charge in [-0.15, -0.1) is 24.0 Å². The molecule has 2 N–H and O–H groups in total. The summed E-state index contributed by atoms with van der Waals surface area (Å²) in [5.41, 5.74) is 0.868. The molecule has 1 saturated heterocycles. The first-order chi connectivity index (χ1) is 10.9. The van der Waals surface area contributed by atoms with E-state index in [1.54, 1.807) is 0 Å². The molecule has 1 aliphatic heterocycles. The van der Waals surface area contributed by atoms with Crippen LogP contribution in [0.4, 0.5) is 0 Å². The van der Waals surface area contributed by atoms with E-state index >= 15 is 0 Å². The van der Waals surface area contributed by atoms with Crippen LogP contribution in [0.3, 0.4) is 0 Å². The van der Waals surface area contributed by atoms with E-state index in [0.29, 0.717) is 44.5 Å². The number of guanidine groups is 1. The Labute approximate surface area is 160 Å². The number of hydrogen-bond acceptors (Lipinski definition) is 5. The first-order valence-corrected chi connectivity index (χ1v) is 9.46. The SMILES string of the molecule is CCNC(=NCc1nc(C)c(C)o1)NCCN1CCCS1(=O)=O.I. The van der Waals surface area contributed by atoms with E-state index in [1.807, 2.05) is 20.8 Å². The number of nitrogens with zero attached hydrogens (tertiary/aromatic N) is 3. The Balaban J connectivity index is 0.00000288. The van der Waals surface area contributed by atoms with Crippen LogP contribution in [0.1, 0.15) is 30.7 Å². The van der Waals surface area contributed by atoms with Crippen molar-refractivity contribution in [1.29, 1.82) is 0 Å². The summed E-state index contributed by atoms with van der Waals surface area (Å²) in [6.07, 6.45) is 0.708. The number of rotatable bonds is 6. The van der Waals surface area contributed by atoms with Crippen molar-refractivity contribution < 1.29 is 12.8 Å². The van der Waals surface area contributed by atoms with Crippen molar-refractivity contribution in [2.24, 2.45) is 4.99 Å². The Bertz CT molecular complexity index is 640. The zero-order valence-corrected chi connectivity index (χ0v) is 17.5. The third-order valence-electron chi connectivity index (χ3n) is 3.65. The van der Waals surface area contributed by atoms with Crippen molar-refractivity contribution in [2.45, 2.75) is 33.7 Å². The first kappa shape index (κ1) is 21.2. The van der Waals surface area contributed by atoms with E-state index in [4.69, 9.17) is 4.42 Å². The van der Waals surface area contributed by atoms with E-state index in [0.717, 1.165) is 18.0 Å². The lowest BCUT2D eigenvalue weighted by molar-refractivity contribution is 0.444. The summed E-state index contributed by atoms with van der Waals surface area (Å²) < 4.78 is 30.5. The monoisotopic (exact) mass is 471 g/mol. The van der Waals surface area contributed by atoms with Gasteiger partial charge in [0.05, 0.1) is 11.4 Å². The highest BCUT2D eigenvalue weighted by Gasteiger charge is 2.27. The average Bonchev–Trinajstić information content (AvgIpc) is 2.99. The molecule has 1 fully saturated rings. The van der Waals surface area contributed by atoms with E-state index in [2.05, 4.69) is 20.6 Å². The van der Waals surface area contributed by atoms with Gasteiger partial charge in [0.1, 0.15) is 12.3 Å². The van der Waals surface area contributed by atoms with Crippen LogP contribution >= 0.6 is 24.0 Å². The maximum Gasteiger partial charge on any atom is 0.216 e. The molecule has 10 heteroatoms. The van der Waals surface area contributed by atoms with Crippen LogP contribution in [0.5, 0.6) is 0 Å². The van der Waals surface area contributed by atoms with Gasteiger partial charge in [-0.1, -0.05) is 0 Å². The van der Waals surface area contributed by atoms with Gasteiger partial charge in [0.25, 0.3) is 0 Å². The lowest BCUT2D eigenvalue weighted by atomic mass is 10.4. The molecule has 2 heterocycles. The minimum atomic E-state index is -3.05. The van der Waals surface area contributed by atoms with Crippen molar-refractivity contribution >= 4 is 40.0 Å². The summed E-state index contributed by atoms with van der Waals surface area (Å²) in [5, 5.41) is 6.26. The number of aryl methyl sites for hydroxylation is 2. The van der Waals surface area contributed by atoms with Gasteiger partial charge < -0.3 is 15.1 Å². The van der Waals surface area contributed by atoms with Gasteiger partial charge in [-0.25, -0.2) is 22.7 Å². The summed E-state index contributed by atoms with van der Waals surface area (Å²) in [7, 11) is -3.05. The number of halogens is 1. The van der Waals surface area contributed by atoms with Crippen LogP contribution in [0.25, 0.3) is 0 Å². The highest BCUT2D eigenvalue weighted by Crippen LogP contribution is 2.12. The molecule has 0 aliphatic carbocycles. The van der Waals surface area contributed by atoms with Crippen LogP contribution in [-0.2, 0) is 16.6 Å². The summed E-state index contributed by atoms with van der Waals surface area (Å²) in [4.78, 5) is 8.70. The smallest absolute Gasteiger partial charge is 0.216 e. The molecule has 0 aromatic carbocycles. The second-order valence-corrected chi connectivity index (χ2v) is 7.53. The predicted octanol–water partition coefficient (Wildman–Crippen LogP) is 1.00. The molecule has 0 saturated carbocycles. The average molecular weight is 471 g/mol. The summed E-state index contributed by atoms with van der Waals surface area (Å²) in [5.74, 6) is 2.24. The third-order valence-corrected chi connectivity index (χ3v) is 5.60. The Kier molecular flexibility index (Phi) is 8.43. The number of aromatic nitrogens is 1. The van der Waals surface area contributed by atoms with Crippen molar-refractivity contribution in [3.63, 3.8) is 0 Å². The molecule has 138 valence electrons. The maximum absolute atomic E-state index is 11.7. The molecule has 0 unspecified atom stereocenters. The molecule has 1 aromatic rings. The van der Waals surface area contributed by atoms with Crippen LogP contribution in [-0.4, -0.2) is 55.6 Å². The molecule has 1 aromatic heterocycles.